The van der Waals surface area contributed by atoms with E-state index in [4.69, 9.17) is 9.47 Å². The molecule has 0 unspecified atom stereocenters. The fourth-order valence-corrected chi connectivity index (χ4v) is 2.54. The van der Waals surface area contributed by atoms with E-state index in [0.29, 0.717) is 18.1 Å². The highest BCUT2D eigenvalue weighted by molar-refractivity contribution is 14.1. The number of amides is 3. The number of nitrogens with one attached hydrogen (secondary N) is 2. The van der Waals surface area contributed by atoms with E-state index in [9.17, 15) is 9.59 Å². The van der Waals surface area contributed by atoms with Crippen LogP contribution in [-0.2, 0) is 4.79 Å². The van der Waals surface area contributed by atoms with Gasteiger partial charge in [0, 0.05) is 0 Å². The van der Waals surface area contributed by atoms with Gasteiger partial charge in [0.05, 0.1) is 17.3 Å². The third-order valence-electron chi connectivity index (χ3n) is 2.57. The maximum absolute atomic E-state index is 11.5. The largest absolute Gasteiger partial charge is 0.493 e. The molecule has 2 N–H and O–H groups in total. The Balaban J connectivity index is 2.39. The van der Waals surface area contributed by atoms with Crippen LogP contribution in [0.2, 0.25) is 0 Å². The Morgan fingerprint density at radius 3 is 2.60 bits per heavy atom. The minimum Gasteiger partial charge on any atom is -0.493 e. The first-order valence-corrected chi connectivity index (χ1v) is 6.97. The van der Waals surface area contributed by atoms with E-state index in [1.54, 1.807) is 19.3 Å². The number of ether oxygens (including phenoxy) is 2. The fraction of sp³-hybridized carbons (Fsp3) is 0.231. The van der Waals surface area contributed by atoms with Crippen molar-refractivity contribution in [3.8, 4) is 11.5 Å². The van der Waals surface area contributed by atoms with Crippen LogP contribution in [-0.4, -0.2) is 25.7 Å². The third kappa shape index (κ3) is 3.03. The number of hydrogen-bond acceptors (Lipinski definition) is 4. The van der Waals surface area contributed by atoms with Crippen LogP contribution in [0.25, 0.3) is 6.08 Å². The van der Waals surface area contributed by atoms with Gasteiger partial charge in [0.15, 0.2) is 11.5 Å². The summed E-state index contributed by atoms with van der Waals surface area (Å²) in [6.07, 6.45) is 1.58. The summed E-state index contributed by atoms with van der Waals surface area (Å²) in [6, 6.07) is 3.07. The zero-order chi connectivity index (χ0) is 14.7. The van der Waals surface area contributed by atoms with Gasteiger partial charge >= 0.3 is 6.03 Å². The molecule has 0 aromatic heterocycles. The van der Waals surface area contributed by atoms with E-state index >= 15 is 0 Å². The lowest BCUT2D eigenvalue weighted by Gasteiger charge is -2.12. The summed E-state index contributed by atoms with van der Waals surface area (Å²) in [4.78, 5) is 22.5. The van der Waals surface area contributed by atoms with E-state index in [-0.39, 0.29) is 5.70 Å². The van der Waals surface area contributed by atoms with Crippen molar-refractivity contribution in [3.05, 3.63) is 27.0 Å². The maximum Gasteiger partial charge on any atom is 0.326 e. The summed E-state index contributed by atoms with van der Waals surface area (Å²) in [7, 11) is 1.55. The summed E-state index contributed by atoms with van der Waals surface area (Å²) in [5, 5.41) is 4.58. The van der Waals surface area contributed by atoms with Gasteiger partial charge in [-0.2, -0.15) is 0 Å². The van der Waals surface area contributed by atoms with Crippen LogP contribution < -0.4 is 20.1 Å². The Bertz CT molecular complexity index is 598. The van der Waals surface area contributed by atoms with Crippen LogP contribution in [0, 0.1) is 3.57 Å². The summed E-state index contributed by atoms with van der Waals surface area (Å²) in [5.74, 6) is 0.797. The molecule has 1 aromatic rings. The van der Waals surface area contributed by atoms with Gasteiger partial charge in [0.1, 0.15) is 5.70 Å². The SMILES string of the molecule is CCOc1c(I)cc(C=C2NC(=O)NC2=O)cc1OC. The number of benzene rings is 1. The Morgan fingerprint density at radius 1 is 1.30 bits per heavy atom. The normalized spacial score (nSPS) is 16.1. The van der Waals surface area contributed by atoms with Crippen molar-refractivity contribution in [3.63, 3.8) is 0 Å². The molecule has 1 heterocycles. The molecular formula is C13H13IN2O4. The van der Waals surface area contributed by atoms with Crippen LogP contribution in [0.1, 0.15) is 12.5 Å². The first-order valence-electron chi connectivity index (χ1n) is 5.89. The Morgan fingerprint density at radius 2 is 2.05 bits per heavy atom. The molecular weight excluding hydrogens is 375 g/mol. The highest BCUT2D eigenvalue weighted by Gasteiger charge is 2.23. The second kappa shape index (κ2) is 6.12. The van der Waals surface area contributed by atoms with E-state index in [0.717, 1.165) is 9.13 Å². The monoisotopic (exact) mass is 388 g/mol. The fourth-order valence-electron chi connectivity index (χ4n) is 1.76. The molecule has 0 radical (unpaired) electrons. The Kier molecular flexibility index (Phi) is 4.48. The molecule has 2 rings (SSSR count). The maximum atomic E-state index is 11.5. The van der Waals surface area contributed by atoms with Gasteiger partial charge in [-0.1, -0.05) is 0 Å². The Labute approximate surface area is 129 Å². The quantitative estimate of drug-likeness (QED) is 0.469. The zero-order valence-corrected chi connectivity index (χ0v) is 13.1. The molecule has 0 atom stereocenters. The lowest BCUT2D eigenvalue weighted by atomic mass is 10.1. The molecule has 3 amide bonds. The number of hydrogen-bond donors (Lipinski definition) is 2. The number of methoxy groups -OCH3 is 1. The first kappa shape index (κ1) is 14.6. The predicted molar refractivity (Wildman–Crippen MR) is 81.5 cm³/mol. The molecule has 20 heavy (non-hydrogen) atoms. The standard InChI is InChI=1S/C13H13IN2O4/c1-3-20-11-8(14)4-7(6-10(11)19-2)5-9-12(17)16-13(18)15-9/h4-6H,3H2,1-2H3,(H2,15,16,17,18). The van der Waals surface area contributed by atoms with Crippen LogP contribution in [0.5, 0.6) is 11.5 Å². The molecule has 0 aliphatic carbocycles. The summed E-state index contributed by atoms with van der Waals surface area (Å²) in [5.41, 5.74) is 0.944. The molecule has 1 fully saturated rings. The molecule has 1 saturated heterocycles. The minimum absolute atomic E-state index is 0.206. The van der Waals surface area contributed by atoms with Gasteiger partial charge in [0.2, 0.25) is 0 Å². The third-order valence-corrected chi connectivity index (χ3v) is 3.37. The van der Waals surface area contributed by atoms with Crippen LogP contribution in [0.15, 0.2) is 17.8 Å². The van der Waals surface area contributed by atoms with Crippen LogP contribution >= 0.6 is 22.6 Å². The number of urea groups is 1. The molecule has 1 aliphatic heterocycles. The number of rotatable bonds is 4. The molecule has 0 saturated carbocycles. The van der Waals surface area contributed by atoms with Gasteiger partial charge in [-0.25, -0.2) is 4.79 Å². The van der Waals surface area contributed by atoms with Gasteiger partial charge in [-0.15, -0.1) is 0 Å². The average Bonchev–Trinajstić information content (AvgIpc) is 2.70. The summed E-state index contributed by atoms with van der Waals surface area (Å²) >= 11 is 2.13. The van der Waals surface area contributed by atoms with Crippen LogP contribution in [0.4, 0.5) is 4.79 Å². The number of carbonyl (C=O) groups is 2. The molecule has 0 bridgehead atoms. The topological polar surface area (TPSA) is 76.7 Å². The van der Waals surface area contributed by atoms with Crippen molar-refractivity contribution in [2.45, 2.75) is 6.92 Å². The number of imide groups is 1. The van der Waals surface area contributed by atoms with Gasteiger partial charge in [-0.05, 0) is 53.3 Å². The number of halogens is 1. The Hall–Kier alpha value is -1.77. The highest BCUT2D eigenvalue weighted by Crippen LogP contribution is 2.34. The van der Waals surface area contributed by atoms with Crippen molar-refractivity contribution in [1.82, 2.24) is 10.6 Å². The van der Waals surface area contributed by atoms with Gasteiger partial charge in [-0.3, -0.25) is 10.1 Å². The first-order chi connectivity index (χ1) is 9.55. The average molecular weight is 388 g/mol. The number of carbonyl (C=O) groups excluding carboxylic acids is 2. The van der Waals surface area contributed by atoms with Crippen molar-refractivity contribution < 1.29 is 19.1 Å². The zero-order valence-electron chi connectivity index (χ0n) is 11.0. The van der Waals surface area contributed by atoms with Crippen molar-refractivity contribution in [2.24, 2.45) is 0 Å². The molecule has 1 aromatic carbocycles. The second-order valence-electron chi connectivity index (χ2n) is 3.93. The van der Waals surface area contributed by atoms with E-state index in [1.165, 1.54) is 0 Å². The highest BCUT2D eigenvalue weighted by atomic mass is 127. The van der Waals surface area contributed by atoms with E-state index in [1.807, 2.05) is 13.0 Å². The molecule has 7 heteroatoms. The molecule has 6 nitrogen and oxygen atoms in total. The van der Waals surface area contributed by atoms with E-state index in [2.05, 4.69) is 33.2 Å². The lowest BCUT2D eigenvalue weighted by Crippen LogP contribution is -2.22. The predicted octanol–water partition coefficient (Wildman–Crippen LogP) is 1.88. The smallest absolute Gasteiger partial charge is 0.326 e. The van der Waals surface area contributed by atoms with Crippen LogP contribution in [0.3, 0.4) is 0 Å². The summed E-state index contributed by atoms with van der Waals surface area (Å²) in [6.45, 7) is 2.43. The van der Waals surface area contributed by atoms with Crippen molar-refractivity contribution in [1.29, 1.82) is 0 Å². The minimum atomic E-state index is -0.520. The summed E-state index contributed by atoms with van der Waals surface area (Å²) < 4.78 is 11.7. The van der Waals surface area contributed by atoms with Crippen molar-refractivity contribution >= 4 is 40.6 Å². The van der Waals surface area contributed by atoms with Crippen molar-refractivity contribution in [2.75, 3.05) is 13.7 Å². The van der Waals surface area contributed by atoms with Gasteiger partial charge < -0.3 is 14.8 Å². The van der Waals surface area contributed by atoms with E-state index < -0.39 is 11.9 Å². The molecule has 0 spiro atoms. The second-order valence-corrected chi connectivity index (χ2v) is 5.10. The molecule has 106 valence electrons. The molecule has 1 aliphatic rings. The lowest BCUT2D eigenvalue weighted by molar-refractivity contribution is -0.115. The van der Waals surface area contributed by atoms with Gasteiger partial charge in [0.25, 0.3) is 5.91 Å².